The Morgan fingerprint density at radius 1 is 1.29 bits per heavy atom. The van der Waals surface area contributed by atoms with Crippen molar-refractivity contribution in [3.8, 4) is 11.3 Å². The van der Waals surface area contributed by atoms with Crippen LogP contribution < -0.4 is 5.32 Å². The zero-order valence-corrected chi connectivity index (χ0v) is 11.8. The number of nitrogens with one attached hydrogen (secondary N) is 1. The zero-order valence-electron chi connectivity index (χ0n) is 11.8. The van der Waals surface area contributed by atoms with Crippen molar-refractivity contribution in [3.63, 3.8) is 0 Å². The van der Waals surface area contributed by atoms with Crippen LogP contribution in [0.25, 0.3) is 11.3 Å². The molecule has 0 aliphatic rings. The van der Waals surface area contributed by atoms with Crippen LogP contribution in [0.4, 0.5) is 0 Å². The first-order chi connectivity index (χ1) is 9.88. The summed E-state index contributed by atoms with van der Waals surface area (Å²) in [6.07, 6.45) is 1.64. The highest BCUT2D eigenvalue weighted by atomic mass is 16.4. The molecule has 0 spiro atoms. The van der Waals surface area contributed by atoms with Crippen molar-refractivity contribution in [2.24, 2.45) is 0 Å². The lowest BCUT2D eigenvalue weighted by Crippen LogP contribution is -2.50. The third-order valence-electron chi connectivity index (χ3n) is 2.90. The topological polar surface area (TPSA) is 97.1 Å². The van der Waals surface area contributed by atoms with Crippen LogP contribution in [0.5, 0.6) is 0 Å². The molecule has 110 valence electrons. The smallest absolute Gasteiger partial charge is 0.328 e. The molecule has 0 saturated heterocycles. The maximum absolute atomic E-state index is 11.8. The Labute approximate surface area is 121 Å². The zero-order chi connectivity index (χ0) is 15.5. The standard InChI is InChI=1S/C14H16N4O3/c1-14(2,13(20)21)15-12(19)9-18-8-11(16-17-18)10-6-4-3-5-7-10/h3-8H,9H2,1-2H3,(H,15,19)(H,20,21). The lowest BCUT2D eigenvalue weighted by molar-refractivity contribution is -0.146. The molecular weight excluding hydrogens is 272 g/mol. The van der Waals surface area contributed by atoms with Crippen molar-refractivity contribution in [1.29, 1.82) is 0 Å². The van der Waals surface area contributed by atoms with Crippen molar-refractivity contribution in [3.05, 3.63) is 36.5 Å². The Kier molecular flexibility index (Phi) is 4.02. The molecule has 0 unspecified atom stereocenters. The lowest BCUT2D eigenvalue weighted by Gasteiger charge is -2.20. The Morgan fingerprint density at radius 3 is 2.57 bits per heavy atom. The van der Waals surface area contributed by atoms with Gasteiger partial charge in [0.25, 0.3) is 0 Å². The van der Waals surface area contributed by atoms with Gasteiger partial charge in [0, 0.05) is 5.56 Å². The van der Waals surface area contributed by atoms with Crippen LogP contribution in [-0.2, 0) is 16.1 Å². The number of amides is 1. The second-order valence-electron chi connectivity index (χ2n) is 5.15. The number of rotatable bonds is 5. The monoisotopic (exact) mass is 288 g/mol. The highest BCUT2D eigenvalue weighted by Gasteiger charge is 2.28. The van der Waals surface area contributed by atoms with Gasteiger partial charge in [-0.3, -0.25) is 4.79 Å². The van der Waals surface area contributed by atoms with E-state index in [9.17, 15) is 9.59 Å². The molecule has 2 aromatic rings. The van der Waals surface area contributed by atoms with E-state index in [4.69, 9.17) is 5.11 Å². The van der Waals surface area contributed by atoms with Crippen molar-refractivity contribution >= 4 is 11.9 Å². The van der Waals surface area contributed by atoms with Gasteiger partial charge >= 0.3 is 5.97 Å². The maximum Gasteiger partial charge on any atom is 0.328 e. The Bertz CT molecular complexity index is 649. The number of aliphatic carboxylic acids is 1. The average molecular weight is 288 g/mol. The molecule has 0 atom stereocenters. The van der Waals surface area contributed by atoms with Crippen LogP contribution in [0.3, 0.4) is 0 Å². The molecule has 2 N–H and O–H groups in total. The van der Waals surface area contributed by atoms with E-state index in [1.54, 1.807) is 6.20 Å². The van der Waals surface area contributed by atoms with Gasteiger partial charge < -0.3 is 10.4 Å². The molecule has 7 heteroatoms. The number of benzene rings is 1. The second kappa shape index (κ2) is 5.74. The molecule has 0 bridgehead atoms. The summed E-state index contributed by atoms with van der Waals surface area (Å²) in [6.45, 7) is 2.75. The third-order valence-corrected chi connectivity index (χ3v) is 2.90. The fraction of sp³-hybridized carbons (Fsp3) is 0.286. The number of nitrogens with zero attached hydrogens (tertiary/aromatic N) is 3. The van der Waals surface area contributed by atoms with Crippen molar-refractivity contribution in [2.45, 2.75) is 25.9 Å². The number of aromatic nitrogens is 3. The molecule has 1 amide bonds. The summed E-state index contributed by atoms with van der Waals surface area (Å²) in [5.74, 6) is -1.54. The number of hydrogen-bond donors (Lipinski definition) is 2. The largest absolute Gasteiger partial charge is 0.480 e. The van der Waals surface area contributed by atoms with Crippen LogP contribution in [0.15, 0.2) is 36.5 Å². The molecule has 7 nitrogen and oxygen atoms in total. The quantitative estimate of drug-likeness (QED) is 0.853. The average Bonchev–Trinajstić information content (AvgIpc) is 2.87. The number of carbonyl (C=O) groups is 2. The minimum Gasteiger partial charge on any atom is -0.480 e. The van der Waals surface area contributed by atoms with E-state index in [2.05, 4.69) is 15.6 Å². The predicted octanol–water partition coefficient (Wildman–Crippen LogP) is 0.924. The second-order valence-corrected chi connectivity index (χ2v) is 5.15. The van der Waals surface area contributed by atoms with Gasteiger partial charge in [0.1, 0.15) is 17.8 Å². The third kappa shape index (κ3) is 3.65. The van der Waals surface area contributed by atoms with E-state index in [-0.39, 0.29) is 6.54 Å². The van der Waals surface area contributed by atoms with E-state index >= 15 is 0 Å². The normalized spacial score (nSPS) is 11.1. The summed E-state index contributed by atoms with van der Waals surface area (Å²) in [5, 5.41) is 19.2. The molecule has 0 aliphatic heterocycles. The van der Waals surface area contributed by atoms with Gasteiger partial charge in [0.2, 0.25) is 5.91 Å². The van der Waals surface area contributed by atoms with Crippen molar-refractivity contribution in [1.82, 2.24) is 20.3 Å². The number of carboxylic acids is 1. The van der Waals surface area contributed by atoms with E-state index in [1.165, 1.54) is 18.5 Å². The molecule has 0 fully saturated rings. The van der Waals surface area contributed by atoms with Crippen LogP contribution >= 0.6 is 0 Å². The summed E-state index contributed by atoms with van der Waals surface area (Å²) >= 11 is 0. The molecular formula is C14H16N4O3. The minimum absolute atomic E-state index is 0.0868. The van der Waals surface area contributed by atoms with Gasteiger partial charge in [0.15, 0.2) is 0 Å². The van der Waals surface area contributed by atoms with Crippen molar-refractivity contribution in [2.75, 3.05) is 0 Å². The first kappa shape index (κ1) is 14.7. The van der Waals surface area contributed by atoms with Gasteiger partial charge in [-0.15, -0.1) is 5.10 Å². The van der Waals surface area contributed by atoms with Crippen LogP contribution in [0.1, 0.15) is 13.8 Å². The minimum atomic E-state index is -1.32. The van der Waals surface area contributed by atoms with E-state index < -0.39 is 17.4 Å². The van der Waals surface area contributed by atoms with E-state index in [1.807, 2.05) is 30.3 Å². The first-order valence-electron chi connectivity index (χ1n) is 6.38. The Hall–Kier alpha value is -2.70. The molecule has 2 rings (SSSR count). The Balaban J connectivity index is 2.03. The predicted molar refractivity (Wildman–Crippen MR) is 75.3 cm³/mol. The van der Waals surface area contributed by atoms with Crippen LogP contribution in [0, 0.1) is 0 Å². The van der Waals surface area contributed by atoms with Gasteiger partial charge in [-0.25, -0.2) is 9.48 Å². The van der Waals surface area contributed by atoms with Crippen molar-refractivity contribution < 1.29 is 14.7 Å². The fourth-order valence-electron chi connectivity index (χ4n) is 1.71. The summed E-state index contributed by atoms with van der Waals surface area (Å²) in [4.78, 5) is 22.8. The summed E-state index contributed by atoms with van der Waals surface area (Å²) in [6, 6.07) is 9.45. The molecule has 1 aromatic heterocycles. The van der Waals surface area contributed by atoms with Gasteiger partial charge in [-0.05, 0) is 13.8 Å². The highest BCUT2D eigenvalue weighted by molar-refractivity contribution is 5.86. The molecule has 0 saturated carbocycles. The number of carbonyl (C=O) groups excluding carboxylic acids is 1. The van der Waals surface area contributed by atoms with E-state index in [0.717, 1.165) is 5.56 Å². The van der Waals surface area contributed by atoms with Crippen LogP contribution in [-0.4, -0.2) is 37.5 Å². The van der Waals surface area contributed by atoms with Gasteiger partial charge in [-0.2, -0.15) is 0 Å². The number of carboxylic acid groups (broad SMARTS) is 1. The summed E-state index contributed by atoms with van der Waals surface area (Å²) in [7, 11) is 0. The van der Waals surface area contributed by atoms with E-state index in [0.29, 0.717) is 5.69 Å². The summed E-state index contributed by atoms with van der Waals surface area (Å²) < 4.78 is 1.37. The van der Waals surface area contributed by atoms with Gasteiger partial charge in [-0.1, -0.05) is 35.5 Å². The SMILES string of the molecule is CC(C)(NC(=O)Cn1cc(-c2ccccc2)nn1)C(=O)O. The Morgan fingerprint density at radius 2 is 1.95 bits per heavy atom. The fourth-order valence-corrected chi connectivity index (χ4v) is 1.71. The number of hydrogen-bond acceptors (Lipinski definition) is 4. The molecule has 21 heavy (non-hydrogen) atoms. The lowest BCUT2D eigenvalue weighted by atomic mass is 10.1. The maximum atomic E-state index is 11.8. The molecule has 1 aromatic carbocycles. The summed E-state index contributed by atoms with van der Waals surface area (Å²) in [5.41, 5.74) is 0.232. The molecule has 1 heterocycles. The van der Waals surface area contributed by atoms with Crippen LogP contribution in [0.2, 0.25) is 0 Å². The highest BCUT2D eigenvalue weighted by Crippen LogP contribution is 2.14. The molecule has 0 radical (unpaired) electrons. The van der Waals surface area contributed by atoms with Gasteiger partial charge in [0.05, 0.1) is 6.20 Å². The molecule has 0 aliphatic carbocycles. The first-order valence-corrected chi connectivity index (χ1v) is 6.38.